The normalized spacial score (nSPS) is 11.0. The van der Waals surface area contributed by atoms with Gasteiger partial charge < -0.3 is 5.32 Å². The molecule has 0 spiro atoms. The van der Waals surface area contributed by atoms with Crippen molar-refractivity contribution in [3.8, 4) is 0 Å². The van der Waals surface area contributed by atoms with Gasteiger partial charge in [-0.05, 0) is 55.3 Å². The number of anilines is 1. The van der Waals surface area contributed by atoms with Crippen molar-refractivity contribution >= 4 is 21.6 Å². The molecule has 0 aromatic heterocycles. The molecule has 22 heavy (non-hydrogen) atoms. The van der Waals surface area contributed by atoms with Crippen molar-refractivity contribution in [2.75, 3.05) is 11.8 Å². The van der Waals surface area contributed by atoms with Gasteiger partial charge in [0.25, 0.3) is 15.9 Å². The Hall–Kier alpha value is -2.34. The molecule has 0 radical (unpaired) electrons. The van der Waals surface area contributed by atoms with Crippen molar-refractivity contribution < 1.29 is 13.2 Å². The summed E-state index contributed by atoms with van der Waals surface area (Å²) in [5.74, 6) is -0.271. The SMILES string of the molecule is CNC(=O)c1cccc(NS(=O)(=O)c2ccc(C)c(C)c2)c1. The maximum absolute atomic E-state index is 12.4. The Morgan fingerprint density at radius 3 is 2.36 bits per heavy atom. The number of benzene rings is 2. The second-order valence-electron chi connectivity index (χ2n) is 5.01. The lowest BCUT2D eigenvalue weighted by Gasteiger charge is -2.10. The number of hydrogen-bond donors (Lipinski definition) is 2. The first-order valence-electron chi connectivity index (χ1n) is 6.76. The fraction of sp³-hybridized carbons (Fsp3) is 0.188. The molecule has 0 bridgehead atoms. The van der Waals surface area contributed by atoms with E-state index >= 15 is 0 Å². The highest BCUT2D eigenvalue weighted by Gasteiger charge is 2.15. The number of amides is 1. The predicted molar refractivity (Wildman–Crippen MR) is 86.6 cm³/mol. The van der Waals surface area contributed by atoms with Crippen LogP contribution in [0.2, 0.25) is 0 Å². The van der Waals surface area contributed by atoms with E-state index < -0.39 is 10.0 Å². The number of rotatable bonds is 4. The maximum Gasteiger partial charge on any atom is 0.261 e. The van der Waals surface area contributed by atoms with Crippen molar-refractivity contribution in [3.05, 3.63) is 59.2 Å². The van der Waals surface area contributed by atoms with E-state index in [1.807, 2.05) is 13.8 Å². The number of nitrogens with one attached hydrogen (secondary N) is 2. The van der Waals surface area contributed by atoms with Gasteiger partial charge in [-0.2, -0.15) is 0 Å². The van der Waals surface area contributed by atoms with Crippen LogP contribution in [0.1, 0.15) is 21.5 Å². The number of aryl methyl sites for hydroxylation is 2. The molecule has 0 aliphatic rings. The molecule has 116 valence electrons. The minimum Gasteiger partial charge on any atom is -0.355 e. The third-order valence-electron chi connectivity index (χ3n) is 3.39. The minimum absolute atomic E-state index is 0.195. The van der Waals surface area contributed by atoms with Crippen LogP contribution in [0, 0.1) is 13.8 Å². The van der Waals surface area contributed by atoms with Crippen LogP contribution in [0.3, 0.4) is 0 Å². The van der Waals surface area contributed by atoms with Crippen molar-refractivity contribution in [2.24, 2.45) is 0 Å². The summed E-state index contributed by atoms with van der Waals surface area (Å²) in [4.78, 5) is 11.8. The van der Waals surface area contributed by atoms with Crippen LogP contribution in [-0.4, -0.2) is 21.4 Å². The number of carbonyl (C=O) groups is 1. The van der Waals surface area contributed by atoms with Crippen LogP contribution < -0.4 is 10.0 Å². The van der Waals surface area contributed by atoms with Gasteiger partial charge >= 0.3 is 0 Å². The molecular weight excluding hydrogens is 300 g/mol. The molecule has 0 unspecified atom stereocenters. The summed E-state index contributed by atoms with van der Waals surface area (Å²) in [5, 5.41) is 2.50. The molecule has 0 saturated carbocycles. The number of carbonyl (C=O) groups excluding carboxylic acids is 1. The molecule has 2 aromatic carbocycles. The first-order chi connectivity index (χ1) is 10.3. The molecule has 2 N–H and O–H groups in total. The summed E-state index contributed by atoms with van der Waals surface area (Å²) in [6.45, 7) is 3.78. The molecule has 1 amide bonds. The highest BCUT2D eigenvalue weighted by atomic mass is 32.2. The standard InChI is InChI=1S/C16H18N2O3S/c1-11-7-8-15(9-12(11)2)22(20,21)18-14-6-4-5-13(10-14)16(19)17-3/h4-10,18H,1-3H3,(H,17,19). The lowest BCUT2D eigenvalue weighted by Crippen LogP contribution is -2.18. The average Bonchev–Trinajstić information content (AvgIpc) is 2.49. The molecule has 5 nitrogen and oxygen atoms in total. The van der Waals surface area contributed by atoms with Gasteiger partial charge in [0.05, 0.1) is 4.90 Å². The van der Waals surface area contributed by atoms with Gasteiger partial charge in [-0.1, -0.05) is 12.1 Å². The van der Waals surface area contributed by atoms with E-state index in [2.05, 4.69) is 10.0 Å². The van der Waals surface area contributed by atoms with Crippen molar-refractivity contribution in [1.82, 2.24) is 5.32 Å². The zero-order valence-electron chi connectivity index (χ0n) is 12.7. The summed E-state index contributed by atoms with van der Waals surface area (Å²) >= 11 is 0. The molecule has 0 heterocycles. The van der Waals surface area contributed by atoms with Crippen molar-refractivity contribution in [2.45, 2.75) is 18.7 Å². The molecule has 0 aliphatic carbocycles. The zero-order valence-corrected chi connectivity index (χ0v) is 13.5. The highest BCUT2D eigenvalue weighted by molar-refractivity contribution is 7.92. The number of hydrogen-bond acceptors (Lipinski definition) is 3. The van der Waals surface area contributed by atoms with Crippen LogP contribution in [0.4, 0.5) is 5.69 Å². The molecule has 2 aromatic rings. The molecule has 0 fully saturated rings. The van der Waals surface area contributed by atoms with E-state index in [4.69, 9.17) is 0 Å². The van der Waals surface area contributed by atoms with Gasteiger partial charge in [0, 0.05) is 18.3 Å². The first kappa shape index (κ1) is 16.0. The summed E-state index contributed by atoms with van der Waals surface area (Å²) in [5.41, 5.74) is 2.67. The predicted octanol–water partition coefficient (Wildman–Crippen LogP) is 2.46. The van der Waals surface area contributed by atoms with Gasteiger partial charge in [0.1, 0.15) is 0 Å². The maximum atomic E-state index is 12.4. The van der Waals surface area contributed by atoms with Crippen LogP contribution in [0.15, 0.2) is 47.4 Å². The molecule has 2 rings (SSSR count). The van der Waals surface area contributed by atoms with Gasteiger partial charge in [-0.3, -0.25) is 9.52 Å². The Morgan fingerprint density at radius 1 is 1.00 bits per heavy atom. The molecule has 0 saturated heterocycles. The summed E-state index contributed by atoms with van der Waals surface area (Å²) in [6.07, 6.45) is 0. The Bertz CT molecular complexity index is 814. The van der Waals surface area contributed by atoms with Crippen LogP contribution in [0.25, 0.3) is 0 Å². The monoisotopic (exact) mass is 318 g/mol. The molecule has 0 atom stereocenters. The largest absolute Gasteiger partial charge is 0.355 e. The highest BCUT2D eigenvalue weighted by Crippen LogP contribution is 2.19. The van der Waals surface area contributed by atoms with Gasteiger partial charge in [-0.15, -0.1) is 0 Å². The third kappa shape index (κ3) is 3.46. The van der Waals surface area contributed by atoms with E-state index in [9.17, 15) is 13.2 Å². The number of sulfonamides is 1. The Morgan fingerprint density at radius 2 is 1.73 bits per heavy atom. The second-order valence-corrected chi connectivity index (χ2v) is 6.69. The van der Waals surface area contributed by atoms with Gasteiger partial charge in [0.2, 0.25) is 0 Å². The Balaban J connectivity index is 2.32. The van der Waals surface area contributed by atoms with Crippen LogP contribution in [0.5, 0.6) is 0 Å². The molecule has 0 aliphatic heterocycles. The van der Waals surface area contributed by atoms with Gasteiger partial charge in [-0.25, -0.2) is 8.42 Å². The molecule has 6 heteroatoms. The quantitative estimate of drug-likeness (QED) is 0.909. The summed E-state index contributed by atoms with van der Waals surface area (Å²) < 4.78 is 27.3. The van der Waals surface area contributed by atoms with E-state index in [1.54, 1.807) is 36.4 Å². The van der Waals surface area contributed by atoms with Crippen LogP contribution in [-0.2, 0) is 10.0 Å². The first-order valence-corrected chi connectivity index (χ1v) is 8.24. The lowest BCUT2D eigenvalue weighted by atomic mass is 10.1. The van der Waals surface area contributed by atoms with Gasteiger partial charge in [0.15, 0.2) is 0 Å². The fourth-order valence-electron chi connectivity index (χ4n) is 1.96. The second kappa shape index (κ2) is 6.19. The lowest BCUT2D eigenvalue weighted by molar-refractivity contribution is 0.0963. The van der Waals surface area contributed by atoms with Crippen molar-refractivity contribution in [3.63, 3.8) is 0 Å². The minimum atomic E-state index is -3.68. The Kier molecular flexibility index (Phi) is 4.51. The van der Waals surface area contributed by atoms with E-state index in [-0.39, 0.29) is 10.8 Å². The summed E-state index contributed by atoms with van der Waals surface area (Å²) in [6, 6.07) is 11.3. The summed E-state index contributed by atoms with van der Waals surface area (Å²) in [7, 11) is -2.16. The average molecular weight is 318 g/mol. The van der Waals surface area contributed by atoms with Crippen LogP contribution >= 0.6 is 0 Å². The Labute approximate surface area is 130 Å². The molecular formula is C16H18N2O3S. The van der Waals surface area contributed by atoms with E-state index in [0.29, 0.717) is 11.3 Å². The van der Waals surface area contributed by atoms with E-state index in [0.717, 1.165) is 11.1 Å². The van der Waals surface area contributed by atoms with E-state index in [1.165, 1.54) is 13.1 Å². The third-order valence-corrected chi connectivity index (χ3v) is 4.77. The zero-order chi connectivity index (χ0) is 16.3. The fourth-order valence-corrected chi connectivity index (χ4v) is 3.10. The smallest absolute Gasteiger partial charge is 0.261 e. The topological polar surface area (TPSA) is 75.3 Å². The van der Waals surface area contributed by atoms with Crippen molar-refractivity contribution in [1.29, 1.82) is 0 Å².